The fourth-order valence-corrected chi connectivity index (χ4v) is 3.54. The van der Waals surface area contributed by atoms with Gasteiger partial charge in [0.05, 0.1) is 11.9 Å². The first-order chi connectivity index (χ1) is 13.7. The Balaban J connectivity index is 1.41. The van der Waals surface area contributed by atoms with E-state index in [1.807, 2.05) is 11.5 Å². The number of nitrogens with one attached hydrogen (secondary N) is 1. The van der Waals surface area contributed by atoms with E-state index in [2.05, 4.69) is 25.5 Å². The van der Waals surface area contributed by atoms with Crippen LogP contribution in [0.2, 0.25) is 0 Å². The Morgan fingerprint density at radius 3 is 2.86 bits per heavy atom. The van der Waals surface area contributed by atoms with Gasteiger partial charge in [0, 0.05) is 30.7 Å². The first-order valence-electron chi connectivity index (χ1n) is 8.76. The Bertz CT molecular complexity index is 979. The number of amides is 1. The number of hydrogen-bond acceptors (Lipinski definition) is 8. The van der Waals surface area contributed by atoms with Gasteiger partial charge in [0.2, 0.25) is 5.91 Å². The number of fused-ring (bicyclic) bond motifs is 1. The molecule has 10 heteroatoms. The maximum Gasteiger partial charge on any atom is 0.234 e. The van der Waals surface area contributed by atoms with Gasteiger partial charge in [0.25, 0.3) is 0 Å². The summed E-state index contributed by atoms with van der Waals surface area (Å²) in [7, 11) is 0. The van der Waals surface area contributed by atoms with Crippen LogP contribution in [0.4, 0.5) is 5.69 Å². The third-order valence-corrected chi connectivity index (χ3v) is 4.95. The summed E-state index contributed by atoms with van der Waals surface area (Å²) in [5, 5.41) is 11.9. The first kappa shape index (κ1) is 18.2. The van der Waals surface area contributed by atoms with Gasteiger partial charge in [-0.05, 0) is 19.1 Å². The highest BCUT2D eigenvalue weighted by atomic mass is 32.2. The van der Waals surface area contributed by atoms with Gasteiger partial charge in [-0.2, -0.15) is 0 Å². The third kappa shape index (κ3) is 3.91. The summed E-state index contributed by atoms with van der Waals surface area (Å²) in [6, 6.07) is 5.34. The molecule has 9 nitrogen and oxygen atoms in total. The Morgan fingerprint density at radius 2 is 2.07 bits per heavy atom. The lowest BCUT2D eigenvalue weighted by atomic mass is 10.2. The van der Waals surface area contributed by atoms with E-state index in [0.29, 0.717) is 53.6 Å². The van der Waals surface area contributed by atoms with Gasteiger partial charge in [-0.25, -0.2) is 4.98 Å². The summed E-state index contributed by atoms with van der Waals surface area (Å²) < 4.78 is 12.9. The summed E-state index contributed by atoms with van der Waals surface area (Å²) in [5.41, 5.74) is 1.30. The van der Waals surface area contributed by atoms with Crippen molar-refractivity contribution < 1.29 is 14.3 Å². The molecule has 144 valence electrons. The summed E-state index contributed by atoms with van der Waals surface area (Å²) in [6.45, 7) is 3.68. The second-order valence-electron chi connectivity index (χ2n) is 5.84. The molecule has 1 aliphatic rings. The van der Waals surface area contributed by atoms with Crippen LogP contribution < -0.4 is 14.8 Å². The minimum absolute atomic E-state index is 0.145. The molecular weight excluding hydrogens is 380 g/mol. The van der Waals surface area contributed by atoms with E-state index >= 15 is 0 Å². The largest absolute Gasteiger partial charge is 0.486 e. The topological polar surface area (TPSA) is 104 Å². The number of benzene rings is 1. The number of carbonyl (C=O) groups excluding carboxylic acids is 1. The molecule has 0 saturated heterocycles. The molecule has 1 aliphatic heterocycles. The predicted octanol–water partition coefficient (Wildman–Crippen LogP) is 2.26. The number of rotatable bonds is 6. The maximum atomic E-state index is 12.3. The summed E-state index contributed by atoms with van der Waals surface area (Å²) in [5.74, 6) is 2.01. The molecule has 0 bridgehead atoms. The lowest BCUT2D eigenvalue weighted by Crippen LogP contribution is -2.17. The second kappa shape index (κ2) is 8.26. The molecule has 1 N–H and O–H groups in total. The molecule has 1 amide bonds. The highest BCUT2D eigenvalue weighted by Crippen LogP contribution is 2.32. The molecule has 28 heavy (non-hydrogen) atoms. The van der Waals surface area contributed by atoms with Crippen molar-refractivity contribution in [1.29, 1.82) is 0 Å². The fraction of sp³-hybridized carbons (Fsp3) is 0.278. The van der Waals surface area contributed by atoms with E-state index in [1.165, 1.54) is 11.8 Å². The molecule has 4 rings (SSSR count). The zero-order valence-electron chi connectivity index (χ0n) is 15.2. The van der Waals surface area contributed by atoms with Gasteiger partial charge in [-0.15, -0.1) is 10.2 Å². The van der Waals surface area contributed by atoms with Crippen LogP contribution in [0.1, 0.15) is 6.92 Å². The van der Waals surface area contributed by atoms with E-state index in [4.69, 9.17) is 9.47 Å². The van der Waals surface area contributed by atoms with Gasteiger partial charge < -0.3 is 19.4 Å². The number of aromatic nitrogens is 5. The van der Waals surface area contributed by atoms with Crippen molar-refractivity contribution in [3.8, 4) is 23.0 Å². The first-order valence-corrected chi connectivity index (χ1v) is 9.75. The zero-order chi connectivity index (χ0) is 19.3. The monoisotopic (exact) mass is 398 g/mol. The molecular formula is C18H18N6O3S. The molecule has 2 aromatic heterocycles. The van der Waals surface area contributed by atoms with Gasteiger partial charge in [-0.3, -0.25) is 9.78 Å². The molecule has 0 fully saturated rings. The average Bonchev–Trinajstić information content (AvgIpc) is 3.16. The number of carbonyl (C=O) groups is 1. The van der Waals surface area contributed by atoms with Crippen LogP contribution in [0, 0.1) is 0 Å². The molecule has 0 unspecified atom stereocenters. The third-order valence-electron chi connectivity index (χ3n) is 3.98. The van der Waals surface area contributed by atoms with E-state index in [-0.39, 0.29) is 11.7 Å². The van der Waals surface area contributed by atoms with E-state index in [9.17, 15) is 4.79 Å². The summed E-state index contributed by atoms with van der Waals surface area (Å²) >= 11 is 1.32. The highest BCUT2D eigenvalue weighted by Gasteiger charge is 2.16. The summed E-state index contributed by atoms with van der Waals surface area (Å²) in [6.07, 6.45) is 4.85. The van der Waals surface area contributed by atoms with Gasteiger partial charge in [0.15, 0.2) is 22.5 Å². The molecule has 0 saturated carbocycles. The van der Waals surface area contributed by atoms with Crippen LogP contribution >= 0.6 is 11.8 Å². The molecule has 0 aliphatic carbocycles. The highest BCUT2D eigenvalue weighted by molar-refractivity contribution is 7.99. The zero-order valence-corrected chi connectivity index (χ0v) is 16.0. The van der Waals surface area contributed by atoms with Crippen molar-refractivity contribution in [1.82, 2.24) is 24.7 Å². The number of thioether (sulfide) groups is 1. The standard InChI is InChI=1S/C18H18N6O3S/c1-2-24-17(13-10-19-5-6-20-13)22-23-18(24)28-11-16(25)21-12-3-4-14-15(9-12)27-8-7-26-14/h3-6,9-10H,2,7-8,11H2,1H3,(H,21,25). The van der Waals surface area contributed by atoms with Crippen LogP contribution in [0.3, 0.4) is 0 Å². The average molecular weight is 398 g/mol. The van der Waals surface area contributed by atoms with Crippen LogP contribution in [-0.2, 0) is 11.3 Å². The Kier molecular flexibility index (Phi) is 5.38. The molecule has 0 spiro atoms. The van der Waals surface area contributed by atoms with Gasteiger partial charge in [-0.1, -0.05) is 11.8 Å². The van der Waals surface area contributed by atoms with Crippen molar-refractivity contribution in [2.75, 3.05) is 24.3 Å². The Morgan fingerprint density at radius 1 is 1.21 bits per heavy atom. The summed E-state index contributed by atoms with van der Waals surface area (Å²) in [4.78, 5) is 20.7. The van der Waals surface area contributed by atoms with Crippen molar-refractivity contribution in [3.63, 3.8) is 0 Å². The number of nitrogens with zero attached hydrogens (tertiary/aromatic N) is 5. The van der Waals surface area contributed by atoms with Crippen LogP contribution in [0.25, 0.3) is 11.5 Å². The van der Waals surface area contributed by atoms with E-state index < -0.39 is 0 Å². The van der Waals surface area contributed by atoms with Crippen LogP contribution in [0.15, 0.2) is 41.9 Å². The smallest absolute Gasteiger partial charge is 0.234 e. The van der Waals surface area contributed by atoms with E-state index in [1.54, 1.807) is 36.8 Å². The van der Waals surface area contributed by atoms with E-state index in [0.717, 1.165) is 0 Å². The molecule has 0 radical (unpaired) electrons. The van der Waals surface area contributed by atoms with Crippen molar-refractivity contribution >= 4 is 23.4 Å². The number of hydrogen-bond donors (Lipinski definition) is 1. The van der Waals surface area contributed by atoms with Gasteiger partial charge >= 0.3 is 0 Å². The Labute approximate surface area is 165 Å². The lowest BCUT2D eigenvalue weighted by molar-refractivity contribution is -0.113. The van der Waals surface area contributed by atoms with Crippen LogP contribution in [-0.4, -0.2) is 49.6 Å². The molecule has 1 aromatic carbocycles. The van der Waals surface area contributed by atoms with Crippen molar-refractivity contribution in [2.24, 2.45) is 0 Å². The fourth-order valence-electron chi connectivity index (χ4n) is 2.73. The second-order valence-corrected chi connectivity index (χ2v) is 6.78. The molecule has 3 heterocycles. The SMILES string of the molecule is CCn1c(SCC(=O)Nc2ccc3c(c2)OCCO3)nnc1-c1cnccn1. The van der Waals surface area contributed by atoms with Crippen LogP contribution in [0.5, 0.6) is 11.5 Å². The Hall–Kier alpha value is -3.14. The molecule has 3 aromatic rings. The predicted molar refractivity (Wildman–Crippen MR) is 104 cm³/mol. The number of ether oxygens (including phenoxy) is 2. The van der Waals surface area contributed by atoms with Crippen molar-refractivity contribution in [2.45, 2.75) is 18.6 Å². The maximum absolute atomic E-state index is 12.3. The quantitative estimate of drug-likeness (QED) is 0.631. The number of anilines is 1. The van der Waals surface area contributed by atoms with Gasteiger partial charge in [0.1, 0.15) is 18.9 Å². The minimum Gasteiger partial charge on any atom is -0.486 e. The normalized spacial score (nSPS) is 12.6. The lowest BCUT2D eigenvalue weighted by Gasteiger charge is -2.19. The molecule has 0 atom stereocenters. The van der Waals surface area contributed by atoms with Crippen molar-refractivity contribution in [3.05, 3.63) is 36.8 Å². The minimum atomic E-state index is -0.145.